The molecule has 0 bridgehead atoms. The van der Waals surface area contributed by atoms with E-state index in [4.69, 9.17) is 4.74 Å². The van der Waals surface area contributed by atoms with Crippen LogP contribution in [0.4, 0.5) is 5.95 Å². The molecule has 0 fully saturated rings. The van der Waals surface area contributed by atoms with Crippen molar-refractivity contribution in [3.05, 3.63) is 18.2 Å². The smallest absolute Gasteiger partial charge is 0.201 e. The maximum atomic E-state index is 5.44. The lowest BCUT2D eigenvalue weighted by atomic mass is 10.3. The highest BCUT2D eigenvalue weighted by Crippen LogP contribution is 2.20. The maximum absolute atomic E-state index is 5.44. The van der Waals surface area contributed by atoms with E-state index in [-0.39, 0.29) is 0 Å². The van der Waals surface area contributed by atoms with Gasteiger partial charge in [-0.05, 0) is 32.9 Å². The summed E-state index contributed by atoms with van der Waals surface area (Å²) in [5.41, 5.74) is 1.95. The number of hydrogen-bond acceptors (Lipinski definition) is 3. The van der Waals surface area contributed by atoms with Crippen LogP contribution in [0.5, 0.6) is 5.75 Å². The molecule has 1 heterocycles. The zero-order valence-electron chi connectivity index (χ0n) is 9.87. The number of imidazole rings is 1. The van der Waals surface area contributed by atoms with Crippen LogP contribution in [0.3, 0.4) is 0 Å². The van der Waals surface area contributed by atoms with E-state index in [0.29, 0.717) is 12.6 Å². The van der Waals surface area contributed by atoms with Crippen molar-refractivity contribution in [2.45, 2.75) is 26.8 Å². The maximum Gasteiger partial charge on any atom is 0.201 e. The van der Waals surface area contributed by atoms with Gasteiger partial charge in [-0.2, -0.15) is 0 Å². The van der Waals surface area contributed by atoms with Gasteiger partial charge in [0.2, 0.25) is 5.95 Å². The highest BCUT2D eigenvalue weighted by molar-refractivity contribution is 5.79. The number of anilines is 1. The molecule has 0 aliphatic carbocycles. The lowest BCUT2D eigenvalue weighted by Gasteiger charge is -2.04. The number of ether oxygens (including phenoxy) is 1. The highest BCUT2D eigenvalue weighted by atomic mass is 16.5. The Labute approximate surface area is 95.0 Å². The van der Waals surface area contributed by atoms with Crippen molar-refractivity contribution < 1.29 is 4.74 Å². The molecule has 4 heteroatoms. The first-order valence-electron chi connectivity index (χ1n) is 5.58. The number of fused-ring (bicyclic) bond motifs is 1. The van der Waals surface area contributed by atoms with Gasteiger partial charge in [0.25, 0.3) is 0 Å². The van der Waals surface area contributed by atoms with Gasteiger partial charge in [-0.3, -0.25) is 0 Å². The molecule has 2 rings (SSSR count). The predicted molar refractivity (Wildman–Crippen MR) is 66.0 cm³/mol. The minimum atomic E-state index is 0.368. The summed E-state index contributed by atoms with van der Waals surface area (Å²) in [5.74, 6) is 1.67. The third-order valence-electron chi connectivity index (χ3n) is 2.19. The molecule has 0 atom stereocenters. The van der Waals surface area contributed by atoms with Crippen molar-refractivity contribution in [2.75, 3.05) is 11.9 Å². The van der Waals surface area contributed by atoms with E-state index < -0.39 is 0 Å². The van der Waals surface area contributed by atoms with Crippen LogP contribution in [0.2, 0.25) is 0 Å². The molecule has 0 aliphatic rings. The molecule has 0 saturated carbocycles. The fourth-order valence-electron chi connectivity index (χ4n) is 1.59. The molecule has 0 saturated heterocycles. The Morgan fingerprint density at radius 3 is 2.94 bits per heavy atom. The Kier molecular flexibility index (Phi) is 2.99. The van der Waals surface area contributed by atoms with E-state index in [0.717, 1.165) is 22.7 Å². The number of nitrogens with one attached hydrogen (secondary N) is 2. The summed E-state index contributed by atoms with van der Waals surface area (Å²) < 4.78 is 5.44. The summed E-state index contributed by atoms with van der Waals surface area (Å²) >= 11 is 0. The summed E-state index contributed by atoms with van der Waals surface area (Å²) in [4.78, 5) is 7.66. The Morgan fingerprint density at radius 1 is 1.44 bits per heavy atom. The van der Waals surface area contributed by atoms with Crippen molar-refractivity contribution in [3.8, 4) is 5.75 Å². The molecule has 1 aromatic heterocycles. The van der Waals surface area contributed by atoms with Crippen LogP contribution in [0.15, 0.2) is 18.2 Å². The standard InChI is InChI=1S/C12H17N3O/c1-4-16-9-5-6-10-11(7-9)15-12(14-10)13-8(2)3/h5-8H,4H2,1-3H3,(H2,13,14,15). The Balaban J connectivity index is 2.30. The second-order valence-electron chi connectivity index (χ2n) is 4.00. The summed E-state index contributed by atoms with van der Waals surface area (Å²) in [6.07, 6.45) is 0. The summed E-state index contributed by atoms with van der Waals surface area (Å²) in [7, 11) is 0. The second kappa shape index (κ2) is 4.43. The molecule has 0 amide bonds. The molecule has 2 aromatic rings. The van der Waals surface area contributed by atoms with Gasteiger partial charge < -0.3 is 15.0 Å². The number of aromatic nitrogens is 2. The van der Waals surface area contributed by atoms with Gasteiger partial charge in [-0.25, -0.2) is 4.98 Å². The van der Waals surface area contributed by atoms with Crippen LogP contribution in [-0.4, -0.2) is 22.6 Å². The molecule has 16 heavy (non-hydrogen) atoms. The van der Waals surface area contributed by atoms with Crippen molar-refractivity contribution in [2.24, 2.45) is 0 Å². The third-order valence-corrected chi connectivity index (χ3v) is 2.19. The number of benzene rings is 1. The van der Waals surface area contributed by atoms with Crippen LogP contribution in [-0.2, 0) is 0 Å². The molecule has 4 nitrogen and oxygen atoms in total. The van der Waals surface area contributed by atoms with Crippen molar-refractivity contribution >= 4 is 17.0 Å². The monoisotopic (exact) mass is 219 g/mol. The van der Waals surface area contributed by atoms with Gasteiger partial charge in [0.1, 0.15) is 5.75 Å². The van der Waals surface area contributed by atoms with Crippen molar-refractivity contribution in [1.82, 2.24) is 9.97 Å². The van der Waals surface area contributed by atoms with E-state index in [2.05, 4.69) is 29.1 Å². The molecular formula is C12H17N3O. The fraction of sp³-hybridized carbons (Fsp3) is 0.417. The number of aromatic amines is 1. The largest absolute Gasteiger partial charge is 0.494 e. The Bertz CT molecular complexity index is 476. The molecule has 2 N–H and O–H groups in total. The van der Waals surface area contributed by atoms with Crippen LogP contribution >= 0.6 is 0 Å². The van der Waals surface area contributed by atoms with Crippen LogP contribution in [0, 0.1) is 0 Å². The zero-order valence-corrected chi connectivity index (χ0v) is 9.87. The molecular weight excluding hydrogens is 202 g/mol. The van der Waals surface area contributed by atoms with Gasteiger partial charge in [0, 0.05) is 12.1 Å². The van der Waals surface area contributed by atoms with Crippen molar-refractivity contribution in [1.29, 1.82) is 0 Å². The molecule has 86 valence electrons. The van der Waals surface area contributed by atoms with E-state index in [1.165, 1.54) is 0 Å². The highest BCUT2D eigenvalue weighted by Gasteiger charge is 2.04. The molecule has 0 spiro atoms. The average Bonchev–Trinajstić information content (AvgIpc) is 2.58. The lowest BCUT2D eigenvalue weighted by molar-refractivity contribution is 0.340. The van der Waals surface area contributed by atoms with E-state index in [1.54, 1.807) is 0 Å². The molecule has 0 unspecified atom stereocenters. The van der Waals surface area contributed by atoms with E-state index in [1.807, 2.05) is 25.1 Å². The lowest BCUT2D eigenvalue weighted by Crippen LogP contribution is -2.10. The number of nitrogens with zero attached hydrogens (tertiary/aromatic N) is 1. The first-order valence-corrected chi connectivity index (χ1v) is 5.58. The van der Waals surface area contributed by atoms with E-state index >= 15 is 0 Å². The van der Waals surface area contributed by atoms with Gasteiger partial charge in [-0.1, -0.05) is 0 Å². The second-order valence-corrected chi connectivity index (χ2v) is 4.00. The van der Waals surface area contributed by atoms with Crippen molar-refractivity contribution in [3.63, 3.8) is 0 Å². The van der Waals surface area contributed by atoms with Gasteiger partial charge in [0.05, 0.1) is 17.6 Å². The minimum Gasteiger partial charge on any atom is -0.494 e. The first-order chi connectivity index (χ1) is 7.69. The van der Waals surface area contributed by atoms with Gasteiger partial charge in [-0.15, -0.1) is 0 Å². The summed E-state index contributed by atoms with van der Waals surface area (Å²) in [6.45, 7) is 6.82. The quantitative estimate of drug-likeness (QED) is 0.831. The Morgan fingerprint density at radius 2 is 2.25 bits per heavy atom. The predicted octanol–water partition coefficient (Wildman–Crippen LogP) is 2.78. The third kappa shape index (κ3) is 2.27. The number of H-pyrrole nitrogens is 1. The van der Waals surface area contributed by atoms with Crippen LogP contribution in [0.1, 0.15) is 20.8 Å². The first kappa shape index (κ1) is 10.8. The van der Waals surface area contributed by atoms with Crippen LogP contribution < -0.4 is 10.1 Å². The minimum absolute atomic E-state index is 0.368. The van der Waals surface area contributed by atoms with Crippen LogP contribution in [0.25, 0.3) is 11.0 Å². The summed E-state index contributed by atoms with van der Waals surface area (Å²) in [5, 5.41) is 3.24. The average molecular weight is 219 g/mol. The van der Waals surface area contributed by atoms with Gasteiger partial charge >= 0.3 is 0 Å². The SMILES string of the molecule is CCOc1ccc2nc(NC(C)C)[nH]c2c1. The zero-order chi connectivity index (χ0) is 11.5. The number of hydrogen-bond donors (Lipinski definition) is 2. The Hall–Kier alpha value is -1.71. The molecule has 0 aliphatic heterocycles. The van der Waals surface area contributed by atoms with Gasteiger partial charge in [0.15, 0.2) is 0 Å². The molecule has 0 radical (unpaired) electrons. The fourth-order valence-corrected chi connectivity index (χ4v) is 1.59. The van der Waals surface area contributed by atoms with E-state index in [9.17, 15) is 0 Å². The molecule has 1 aromatic carbocycles. The number of rotatable bonds is 4. The normalized spacial score (nSPS) is 11.0. The topological polar surface area (TPSA) is 49.9 Å². The summed E-state index contributed by atoms with van der Waals surface area (Å²) in [6, 6.07) is 6.23.